The van der Waals surface area contributed by atoms with Crippen LogP contribution < -0.4 is 10.4 Å². The largest absolute Gasteiger partial charge is 0.483 e. The first-order chi connectivity index (χ1) is 40.4. The van der Waals surface area contributed by atoms with E-state index in [-0.39, 0.29) is 83.9 Å². The van der Waals surface area contributed by atoms with Crippen LogP contribution in [-0.4, -0.2) is 65.9 Å². The zero-order valence-corrected chi connectivity index (χ0v) is 48.7. The topological polar surface area (TPSA) is 162 Å². The van der Waals surface area contributed by atoms with E-state index in [1.807, 2.05) is 13.0 Å². The highest BCUT2D eigenvalue weighted by Crippen LogP contribution is 2.62. The number of esters is 2. The lowest BCUT2D eigenvalue weighted by atomic mass is 9.48. The van der Waals surface area contributed by atoms with E-state index >= 15 is 9.59 Å². The third-order valence-corrected chi connectivity index (χ3v) is 22.1. The van der Waals surface area contributed by atoms with E-state index < -0.39 is 47.9 Å². The number of aliphatic hydroxyl groups excluding tert-OH is 3. The van der Waals surface area contributed by atoms with Crippen LogP contribution in [0.2, 0.25) is 0 Å². The number of fused-ring (bicyclic) bond motifs is 13. The number of hydrogen-bond acceptors (Lipinski definition) is 11. The molecule has 6 aliphatic carbocycles. The van der Waals surface area contributed by atoms with Crippen molar-refractivity contribution in [1.82, 2.24) is 0 Å². The van der Waals surface area contributed by atoms with Gasteiger partial charge in [-0.2, -0.15) is 0 Å². The Hall–Kier alpha value is -6.11. The fourth-order valence-electron chi connectivity index (χ4n) is 18.1. The minimum absolute atomic E-state index is 0.0281. The number of ether oxygens (including phenoxy) is 4. The van der Waals surface area contributed by atoms with Gasteiger partial charge in [0.1, 0.15) is 16.9 Å². The summed E-state index contributed by atoms with van der Waals surface area (Å²) in [6.45, 7) is 2.75. The monoisotopic (exact) mass is 1120 g/mol. The summed E-state index contributed by atoms with van der Waals surface area (Å²) in [5, 5.41) is 32.5. The van der Waals surface area contributed by atoms with E-state index in [4.69, 9.17) is 23.4 Å². The highest BCUT2D eigenvalue weighted by Gasteiger charge is 2.59. The van der Waals surface area contributed by atoms with Crippen LogP contribution in [0, 0.1) is 29.1 Å². The molecule has 2 bridgehead atoms. The predicted octanol–water partition coefficient (Wildman–Crippen LogP) is 13.3. The number of methoxy groups -OCH3 is 1. The van der Waals surface area contributed by atoms with Crippen LogP contribution in [0.4, 0.5) is 0 Å². The Morgan fingerprint density at radius 1 is 0.795 bits per heavy atom. The van der Waals surface area contributed by atoms with E-state index in [1.165, 1.54) is 54.2 Å². The van der Waals surface area contributed by atoms with Gasteiger partial charge in [0.25, 0.3) is 0 Å². The fraction of sp³-hybridized carbons (Fsp3) is 0.514. The maximum Gasteiger partial charge on any atom is 0.340 e. The molecule has 0 saturated heterocycles. The van der Waals surface area contributed by atoms with E-state index in [2.05, 4.69) is 91.0 Å². The first-order valence-electron chi connectivity index (χ1n) is 31.3. The van der Waals surface area contributed by atoms with Crippen LogP contribution >= 0.6 is 0 Å². The van der Waals surface area contributed by atoms with Crippen LogP contribution in [0.5, 0.6) is 5.75 Å². The summed E-state index contributed by atoms with van der Waals surface area (Å²) in [6, 6.07) is 28.3. The standard InChI is InChI=1S/C72H82O11/c1-43(40-74)53-27-20-44-18-21-45(22-19-44)54-28-24-47(55-15-9-17-60-56(55)29-26-51-13-8-12-50-25-23-46-11-4-5-16-59(46)72(50,51)60)37-49(54)38-62(76)80-66-64-61(31-30-57-58(41-75)63(69(78)81-65(57)64)48(32-36-73)42-79-3)83-70(2,67(66)82-68(53)77)52-14-10-35-71(39-52)33-6-7-34-71/h4-5,9,11,15-19,21-25,28,30-31,47-52,54,66-67,73-75H,6-8,10,12-14,20,26-27,29,32-42H2,1-3H3/b53-43-/t47-,48-,49-,50+,51-,52+,54+,66-,67+,70+,72+/m1/s1. The van der Waals surface area contributed by atoms with Crippen molar-refractivity contribution in [2.45, 2.75) is 177 Å². The Morgan fingerprint density at radius 2 is 1.59 bits per heavy atom. The third kappa shape index (κ3) is 9.59. The third-order valence-electron chi connectivity index (χ3n) is 22.1. The van der Waals surface area contributed by atoms with E-state index in [1.54, 1.807) is 13.0 Å². The maximum atomic E-state index is 15.8. The molecule has 436 valence electrons. The van der Waals surface area contributed by atoms with Crippen LogP contribution in [0.15, 0.2) is 117 Å². The molecule has 3 aliphatic heterocycles. The zero-order chi connectivity index (χ0) is 57.2. The van der Waals surface area contributed by atoms with E-state index in [0.29, 0.717) is 58.9 Å². The number of allylic oxidation sites excluding steroid dienone is 3. The normalized spacial score (nSPS) is 30.8. The molecule has 11 nitrogen and oxygen atoms in total. The van der Waals surface area contributed by atoms with Crippen molar-refractivity contribution in [2.24, 2.45) is 29.1 Å². The second-order valence-corrected chi connectivity index (χ2v) is 26.3. The van der Waals surface area contributed by atoms with Gasteiger partial charge in [-0.25, -0.2) is 9.59 Å². The molecule has 5 aromatic rings. The highest BCUT2D eigenvalue weighted by molar-refractivity contribution is 5.90. The summed E-state index contributed by atoms with van der Waals surface area (Å²) in [6.07, 6.45) is 22.8. The Balaban J connectivity index is 0.951. The first-order valence-corrected chi connectivity index (χ1v) is 31.3. The van der Waals surface area contributed by atoms with Gasteiger partial charge in [0.05, 0.1) is 25.4 Å². The number of aryl methyl sites for hydroxylation is 1. The first kappa shape index (κ1) is 56.0. The second-order valence-electron chi connectivity index (χ2n) is 26.3. The fourth-order valence-corrected chi connectivity index (χ4v) is 18.1. The van der Waals surface area contributed by atoms with Gasteiger partial charge in [-0.1, -0.05) is 117 Å². The molecule has 4 heterocycles. The predicted molar refractivity (Wildman–Crippen MR) is 319 cm³/mol. The van der Waals surface area contributed by atoms with Crippen molar-refractivity contribution >= 4 is 29.0 Å². The summed E-state index contributed by atoms with van der Waals surface area (Å²) in [4.78, 5) is 45.8. The molecule has 3 saturated carbocycles. The van der Waals surface area contributed by atoms with Crippen molar-refractivity contribution in [1.29, 1.82) is 0 Å². The van der Waals surface area contributed by atoms with E-state index in [9.17, 15) is 20.1 Å². The Kier molecular flexibility index (Phi) is 15.3. The molecule has 11 atom stereocenters. The average Bonchev–Trinajstić information content (AvgIpc) is 3.49. The minimum Gasteiger partial charge on any atom is -0.483 e. The lowest BCUT2D eigenvalue weighted by molar-refractivity contribution is -0.203. The molecule has 3 fully saturated rings. The Labute approximate surface area is 488 Å². The smallest absolute Gasteiger partial charge is 0.340 e. The van der Waals surface area contributed by atoms with Gasteiger partial charge >= 0.3 is 17.6 Å². The minimum atomic E-state index is -1.32. The number of hydrogen-bond donors (Lipinski definition) is 3. The van der Waals surface area contributed by atoms with E-state index in [0.717, 1.165) is 75.3 Å². The molecule has 0 amide bonds. The Bertz CT molecular complexity index is 3440. The number of carbonyl (C=O) groups excluding carboxylic acids is 2. The highest BCUT2D eigenvalue weighted by atomic mass is 16.6. The quantitative estimate of drug-likeness (QED) is 0.0557. The molecule has 3 N–H and O–H groups in total. The average molecular weight is 1120 g/mol. The molecule has 11 heteroatoms. The number of rotatable bonds is 9. The summed E-state index contributed by atoms with van der Waals surface area (Å²) < 4.78 is 33.5. The van der Waals surface area contributed by atoms with Gasteiger partial charge in [0.2, 0.25) is 0 Å². The molecule has 0 unspecified atom stereocenters. The molecular formula is C72H82O11. The zero-order valence-electron chi connectivity index (χ0n) is 48.7. The van der Waals surface area contributed by atoms with Crippen LogP contribution in [0.3, 0.4) is 0 Å². The molecule has 4 aromatic carbocycles. The van der Waals surface area contributed by atoms with Crippen LogP contribution in [0.1, 0.15) is 196 Å². The molecule has 83 heavy (non-hydrogen) atoms. The van der Waals surface area contributed by atoms with Gasteiger partial charge in [-0.3, -0.25) is 4.79 Å². The van der Waals surface area contributed by atoms with Gasteiger partial charge in [-0.15, -0.1) is 0 Å². The second kappa shape index (κ2) is 22.7. The van der Waals surface area contributed by atoms with Gasteiger partial charge < -0.3 is 38.7 Å². The summed E-state index contributed by atoms with van der Waals surface area (Å²) >= 11 is 0. The van der Waals surface area contributed by atoms with Crippen molar-refractivity contribution in [3.8, 4) is 5.75 Å². The summed E-state index contributed by atoms with van der Waals surface area (Å²) in [7, 11) is 1.52. The van der Waals surface area contributed by atoms with Crippen molar-refractivity contribution in [3.63, 3.8) is 0 Å². The van der Waals surface area contributed by atoms with Crippen LogP contribution in [0.25, 0.3) is 17.0 Å². The SMILES string of the molecule is COC[C@@H](CCO)c1c(CO)c2ccc3c(c2oc1=O)[C@H]1OC(=O)C[C@H]2C[C@H](c4cccc5c4CC[C@H]4CCC[C@H]6C=Cc7ccccc7[C@@]546)C=C[C@H]2c2ccc(cc2)CC/C(=C(\C)CO)C(=O)O[C@@H]1[C@](C)([C@H]1CCCC2(CCCC2)C1)O3. The van der Waals surface area contributed by atoms with Gasteiger partial charge in [0.15, 0.2) is 12.2 Å². The number of aliphatic hydroxyl groups is 3. The summed E-state index contributed by atoms with van der Waals surface area (Å²) in [5.74, 6) is -0.793. The lowest BCUT2D eigenvalue weighted by Crippen LogP contribution is -2.59. The van der Waals surface area contributed by atoms with Crippen LogP contribution in [-0.2, 0) is 48.7 Å². The maximum absolute atomic E-state index is 15.8. The van der Waals surface area contributed by atoms with Gasteiger partial charge in [0, 0.05) is 65.7 Å². The molecule has 0 radical (unpaired) electrons. The Morgan fingerprint density at radius 3 is 2.39 bits per heavy atom. The van der Waals surface area contributed by atoms with Crippen molar-refractivity contribution < 1.29 is 48.3 Å². The molecule has 1 aromatic heterocycles. The number of benzene rings is 4. The lowest BCUT2D eigenvalue weighted by Gasteiger charge is -2.55. The summed E-state index contributed by atoms with van der Waals surface area (Å²) in [5.41, 5.74) is 8.89. The molecule has 14 rings (SSSR count). The molecule has 2 spiro atoms. The number of carbonyl (C=O) groups is 2. The molecule has 9 aliphatic rings. The van der Waals surface area contributed by atoms with Crippen molar-refractivity contribution in [2.75, 3.05) is 26.9 Å². The van der Waals surface area contributed by atoms with Crippen molar-refractivity contribution in [3.05, 3.63) is 174 Å². The van der Waals surface area contributed by atoms with Gasteiger partial charge in [-0.05, 0) is 183 Å². The molecular weight excluding hydrogens is 1040 g/mol.